The third kappa shape index (κ3) is 5.18. The molecule has 1 N–H and O–H groups in total. The Labute approximate surface area is 212 Å². The molecule has 4 rings (SSSR count). The second-order valence-electron chi connectivity index (χ2n) is 9.16. The van der Waals surface area contributed by atoms with Crippen LogP contribution in [-0.2, 0) is 23.5 Å². The van der Waals surface area contributed by atoms with E-state index < -0.39 is 10.0 Å². The van der Waals surface area contributed by atoms with Crippen LogP contribution in [0, 0.1) is 0 Å². The highest BCUT2D eigenvalue weighted by Gasteiger charge is 2.29. The maximum absolute atomic E-state index is 13.5. The molecule has 1 aliphatic rings. The summed E-state index contributed by atoms with van der Waals surface area (Å²) in [7, 11) is -1.92. The largest absolute Gasteiger partial charge is 0.477 e. The van der Waals surface area contributed by atoms with Crippen molar-refractivity contribution in [1.82, 2.24) is 29.0 Å². The lowest BCUT2D eigenvalue weighted by Gasteiger charge is -2.33. The van der Waals surface area contributed by atoms with Gasteiger partial charge in [0.25, 0.3) is 5.56 Å². The van der Waals surface area contributed by atoms with Crippen LogP contribution in [0.15, 0.2) is 28.0 Å². The fraction of sp³-hybridized carbons (Fsp3) is 0.560. The zero-order valence-electron chi connectivity index (χ0n) is 21.6. The summed E-state index contributed by atoms with van der Waals surface area (Å²) in [5.74, 6) is 0.300. The lowest BCUT2D eigenvalue weighted by molar-refractivity contribution is 0.196. The van der Waals surface area contributed by atoms with Gasteiger partial charge in [0.15, 0.2) is 5.52 Å². The van der Waals surface area contributed by atoms with E-state index in [2.05, 4.69) is 40.7 Å². The summed E-state index contributed by atoms with van der Waals surface area (Å²) in [5, 5.41) is 5.15. The number of piperazine rings is 1. The molecule has 10 nitrogen and oxygen atoms in total. The van der Waals surface area contributed by atoms with Gasteiger partial charge >= 0.3 is 0 Å². The molecule has 36 heavy (non-hydrogen) atoms. The first-order valence-corrected chi connectivity index (χ1v) is 14.2. The lowest BCUT2D eigenvalue weighted by atomic mass is 10.1. The predicted molar refractivity (Wildman–Crippen MR) is 140 cm³/mol. The maximum Gasteiger partial charge on any atom is 0.276 e. The minimum absolute atomic E-state index is 0.0891. The number of aromatic amines is 1. The summed E-state index contributed by atoms with van der Waals surface area (Å²) in [6.07, 6.45) is 4.82. The monoisotopic (exact) mass is 516 g/mol. The number of nitrogens with zero attached hydrogens (tertiary/aromatic N) is 5. The van der Waals surface area contributed by atoms with Crippen LogP contribution < -0.4 is 10.3 Å². The summed E-state index contributed by atoms with van der Waals surface area (Å²) < 4.78 is 36.2. The van der Waals surface area contributed by atoms with E-state index in [4.69, 9.17) is 4.74 Å². The van der Waals surface area contributed by atoms with Crippen molar-refractivity contribution in [2.45, 2.75) is 51.3 Å². The van der Waals surface area contributed by atoms with Gasteiger partial charge in [-0.2, -0.15) is 9.40 Å². The van der Waals surface area contributed by atoms with Crippen LogP contribution in [0.25, 0.3) is 22.2 Å². The molecule has 0 radical (unpaired) electrons. The van der Waals surface area contributed by atoms with Gasteiger partial charge < -0.3 is 14.6 Å². The molecule has 0 saturated carbocycles. The average Bonchev–Trinajstić information content (AvgIpc) is 3.20. The lowest BCUT2D eigenvalue weighted by Crippen LogP contribution is -2.48. The highest BCUT2D eigenvalue weighted by Crippen LogP contribution is 2.32. The Morgan fingerprint density at radius 3 is 2.50 bits per heavy atom. The summed E-state index contributed by atoms with van der Waals surface area (Å²) in [6, 6.07) is 3.43. The first kappa shape index (κ1) is 26.3. The van der Waals surface area contributed by atoms with Gasteiger partial charge in [-0.25, -0.2) is 13.4 Å². The zero-order valence-corrected chi connectivity index (χ0v) is 22.4. The Bertz CT molecular complexity index is 1370. The number of H-pyrrole nitrogens is 1. The van der Waals surface area contributed by atoms with Crippen LogP contribution >= 0.6 is 0 Å². The number of unbranched alkanes of at least 4 members (excludes halogenated alkanes) is 1. The summed E-state index contributed by atoms with van der Waals surface area (Å²) in [5.41, 5.74) is 1.90. The van der Waals surface area contributed by atoms with E-state index in [-0.39, 0.29) is 10.5 Å². The number of fused-ring (bicyclic) bond motifs is 1. The minimum Gasteiger partial charge on any atom is -0.477 e. The van der Waals surface area contributed by atoms with Crippen molar-refractivity contribution < 1.29 is 13.2 Å². The van der Waals surface area contributed by atoms with E-state index in [9.17, 15) is 13.2 Å². The number of hydrogen-bond acceptors (Lipinski definition) is 7. The van der Waals surface area contributed by atoms with Crippen LogP contribution in [0.3, 0.4) is 0 Å². The number of aryl methyl sites for hydroxylation is 2. The molecular formula is C25H36N6O4S. The van der Waals surface area contributed by atoms with Crippen LogP contribution in [0.2, 0.25) is 0 Å². The van der Waals surface area contributed by atoms with E-state index in [1.165, 1.54) is 10.5 Å². The van der Waals surface area contributed by atoms with Gasteiger partial charge in [-0.3, -0.25) is 9.48 Å². The second kappa shape index (κ2) is 11.1. The standard InChI is InChI=1S/C25H36N6O4S/c1-5-8-14-35-25-19(21-16-20-22(9-6-2)29(4)28-23(20)24(32)27-21)15-18(17-26-25)36(33,34)31-12-10-30(7-3)11-13-31/h15-17H,5-14H2,1-4H3,(H,27,32). The Hall–Kier alpha value is -2.76. The topological polar surface area (TPSA) is 113 Å². The molecule has 3 aromatic rings. The van der Waals surface area contributed by atoms with Gasteiger partial charge in [-0.1, -0.05) is 33.6 Å². The van der Waals surface area contributed by atoms with E-state index in [1.54, 1.807) is 10.7 Å². The first-order chi connectivity index (χ1) is 17.3. The SMILES string of the molecule is CCCCOc1ncc(S(=O)(=O)N2CCN(CC)CC2)cc1-c1cc2c(CCC)n(C)nc2c(=O)[nH]1. The number of aromatic nitrogens is 4. The molecule has 196 valence electrons. The Morgan fingerprint density at radius 2 is 1.83 bits per heavy atom. The number of pyridine rings is 2. The third-order valence-corrected chi connectivity index (χ3v) is 8.58. The molecule has 3 aromatic heterocycles. The van der Waals surface area contributed by atoms with Crippen molar-refractivity contribution in [1.29, 1.82) is 0 Å². The highest BCUT2D eigenvalue weighted by atomic mass is 32.2. The van der Waals surface area contributed by atoms with Crippen molar-refractivity contribution in [3.8, 4) is 17.1 Å². The van der Waals surface area contributed by atoms with Crippen LogP contribution in [0.4, 0.5) is 0 Å². The van der Waals surface area contributed by atoms with Gasteiger partial charge in [0.1, 0.15) is 4.90 Å². The fourth-order valence-corrected chi connectivity index (χ4v) is 5.96. The van der Waals surface area contributed by atoms with Gasteiger partial charge in [-0.15, -0.1) is 0 Å². The molecule has 0 aromatic carbocycles. The molecule has 1 fully saturated rings. The number of hydrogen-bond donors (Lipinski definition) is 1. The van der Waals surface area contributed by atoms with Crippen molar-refractivity contribution in [3.63, 3.8) is 0 Å². The molecule has 0 aliphatic carbocycles. The molecule has 4 heterocycles. The van der Waals surface area contributed by atoms with E-state index in [1.807, 2.05) is 13.1 Å². The number of sulfonamides is 1. The molecule has 1 aliphatic heterocycles. The molecule has 0 atom stereocenters. The van der Waals surface area contributed by atoms with Crippen LogP contribution in [-0.4, -0.2) is 76.7 Å². The van der Waals surface area contributed by atoms with Crippen molar-refractivity contribution >= 4 is 20.9 Å². The quantitative estimate of drug-likeness (QED) is 0.412. The smallest absolute Gasteiger partial charge is 0.276 e. The van der Waals surface area contributed by atoms with Crippen molar-refractivity contribution in [2.75, 3.05) is 39.3 Å². The summed E-state index contributed by atoms with van der Waals surface area (Å²) in [6.45, 7) is 9.80. The fourth-order valence-electron chi connectivity index (χ4n) is 4.57. The zero-order chi connectivity index (χ0) is 25.9. The van der Waals surface area contributed by atoms with Crippen molar-refractivity contribution in [3.05, 3.63) is 34.4 Å². The molecule has 0 bridgehead atoms. The number of nitrogens with one attached hydrogen (secondary N) is 1. The van der Waals surface area contributed by atoms with Crippen LogP contribution in [0.1, 0.15) is 45.7 Å². The van der Waals surface area contributed by atoms with E-state index >= 15 is 0 Å². The predicted octanol–water partition coefficient (Wildman–Crippen LogP) is 2.78. The normalized spacial score (nSPS) is 15.6. The highest BCUT2D eigenvalue weighted by molar-refractivity contribution is 7.89. The Balaban J connectivity index is 1.80. The number of rotatable bonds is 10. The molecular weight excluding hydrogens is 480 g/mol. The summed E-state index contributed by atoms with van der Waals surface area (Å²) in [4.78, 5) is 22.6. The van der Waals surface area contributed by atoms with Gasteiger partial charge in [0, 0.05) is 44.3 Å². The maximum atomic E-state index is 13.5. The number of ether oxygens (including phenoxy) is 1. The minimum atomic E-state index is -3.75. The van der Waals surface area contributed by atoms with Crippen LogP contribution in [0.5, 0.6) is 5.88 Å². The van der Waals surface area contributed by atoms with Gasteiger partial charge in [0.05, 0.1) is 24.1 Å². The first-order valence-electron chi connectivity index (χ1n) is 12.7. The molecule has 1 saturated heterocycles. The summed E-state index contributed by atoms with van der Waals surface area (Å²) >= 11 is 0. The molecule has 11 heteroatoms. The van der Waals surface area contributed by atoms with E-state index in [0.717, 1.165) is 43.3 Å². The Morgan fingerprint density at radius 1 is 1.08 bits per heavy atom. The van der Waals surface area contributed by atoms with Gasteiger partial charge in [-0.05, 0) is 31.5 Å². The number of likely N-dealkylation sites (N-methyl/N-ethyl adjacent to an activating group) is 1. The molecule has 0 spiro atoms. The van der Waals surface area contributed by atoms with E-state index in [0.29, 0.717) is 55.4 Å². The Kier molecular flexibility index (Phi) is 8.11. The second-order valence-corrected chi connectivity index (χ2v) is 11.1. The molecule has 0 amide bonds. The third-order valence-electron chi connectivity index (χ3n) is 6.71. The van der Waals surface area contributed by atoms with Gasteiger partial charge in [0.2, 0.25) is 15.9 Å². The molecule has 0 unspecified atom stereocenters. The van der Waals surface area contributed by atoms with Crippen molar-refractivity contribution in [2.24, 2.45) is 7.05 Å². The average molecular weight is 517 g/mol.